The van der Waals surface area contributed by atoms with Crippen molar-refractivity contribution < 1.29 is 14.3 Å². The van der Waals surface area contributed by atoms with Crippen LogP contribution in [0.15, 0.2) is 35.2 Å². The third-order valence-corrected chi connectivity index (χ3v) is 6.72. The van der Waals surface area contributed by atoms with Crippen molar-refractivity contribution in [2.75, 3.05) is 39.3 Å². The summed E-state index contributed by atoms with van der Waals surface area (Å²) in [6, 6.07) is 7.17. The van der Waals surface area contributed by atoms with Crippen LogP contribution < -0.4 is 10.1 Å². The first-order valence-corrected chi connectivity index (χ1v) is 12.0. The molecule has 2 amide bonds. The standard InChI is InChI=1S/C23H30N4O3S/c28-22(18-5-7-21(8-6-18)30-15-20-16-31-17-25-20)24-9-10-26-11-13-27(14-12-26)23(29)19-3-1-2-4-19/h5-8,16-17,19H,1-4,9-15H2,(H,24,28). The highest BCUT2D eigenvalue weighted by atomic mass is 32.1. The van der Waals surface area contributed by atoms with Crippen molar-refractivity contribution in [2.45, 2.75) is 32.3 Å². The van der Waals surface area contributed by atoms with Crippen molar-refractivity contribution in [3.8, 4) is 5.75 Å². The van der Waals surface area contributed by atoms with Gasteiger partial charge in [0.25, 0.3) is 5.91 Å². The summed E-state index contributed by atoms with van der Waals surface area (Å²) in [7, 11) is 0. The van der Waals surface area contributed by atoms with Gasteiger partial charge in [0.2, 0.25) is 5.91 Å². The molecule has 1 aromatic heterocycles. The number of nitrogens with one attached hydrogen (secondary N) is 1. The Morgan fingerprint density at radius 2 is 1.84 bits per heavy atom. The molecule has 2 heterocycles. The molecule has 8 heteroatoms. The van der Waals surface area contributed by atoms with E-state index in [0.29, 0.717) is 24.6 Å². The lowest BCUT2D eigenvalue weighted by Gasteiger charge is -2.36. The fraction of sp³-hybridized carbons (Fsp3) is 0.522. The topological polar surface area (TPSA) is 74.8 Å². The van der Waals surface area contributed by atoms with Crippen LogP contribution >= 0.6 is 11.3 Å². The molecule has 0 bridgehead atoms. The van der Waals surface area contributed by atoms with E-state index in [-0.39, 0.29) is 11.8 Å². The monoisotopic (exact) mass is 442 g/mol. The maximum atomic E-state index is 12.5. The molecule has 1 aliphatic carbocycles. The van der Waals surface area contributed by atoms with Gasteiger partial charge in [-0.1, -0.05) is 12.8 Å². The Labute approximate surface area is 187 Å². The van der Waals surface area contributed by atoms with Crippen molar-refractivity contribution >= 4 is 23.2 Å². The van der Waals surface area contributed by atoms with Crippen molar-refractivity contribution in [3.63, 3.8) is 0 Å². The van der Waals surface area contributed by atoms with Gasteiger partial charge in [0, 0.05) is 56.1 Å². The van der Waals surface area contributed by atoms with Gasteiger partial charge < -0.3 is 15.0 Å². The van der Waals surface area contributed by atoms with Crippen molar-refractivity contribution in [2.24, 2.45) is 5.92 Å². The van der Waals surface area contributed by atoms with E-state index in [0.717, 1.165) is 57.0 Å². The summed E-state index contributed by atoms with van der Waals surface area (Å²) in [6.07, 6.45) is 4.50. The molecule has 0 radical (unpaired) electrons. The van der Waals surface area contributed by atoms with Crippen molar-refractivity contribution in [1.82, 2.24) is 20.1 Å². The largest absolute Gasteiger partial charge is 0.487 e. The third-order valence-electron chi connectivity index (χ3n) is 6.09. The number of piperazine rings is 1. The first-order valence-electron chi connectivity index (χ1n) is 11.1. The average molecular weight is 443 g/mol. The van der Waals surface area contributed by atoms with E-state index in [9.17, 15) is 9.59 Å². The zero-order valence-electron chi connectivity index (χ0n) is 17.8. The van der Waals surface area contributed by atoms with E-state index in [1.54, 1.807) is 29.0 Å². The van der Waals surface area contributed by atoms with Gasteiger partial charge in [-0.3, -0.25) is 14.5 Å². The molecular weight excluding hydrogens is 412 g/mol. The van der Waals surface area contributed by atoms with Crippen LogP contribution in [-0.4, -0.2) is 65.9 Å². The summed E-state index contributed by atoms with van der Waals surface area (Å²) >= 11 is 1.54. The highest BCUT2D eigenvalue weighted by molar-refractivity contribution is 7.07. The van der Waals surface area contributed by atoms with E-state index >= 15 is 0 Å². The molecule has 2 aliphatic rings. The number of amides is 2. The van der Waals surface area contributed by atoms with Gasteiger partial charge in [-0.25, -0.2) is 4.98 Å². The molecule has 1 saturated carbocycles. The number of benzene rings is 1. The van der Waals surface area contributed by atoms with E-state index < -0.39 is 0 Å². The highest BCUT2D eigenvalue weighted by Gasteiger charge is 2.29. The minimum Gasteiger partial charge on any atom is -0.487 e. The number of hydrogen-bond donors (Lipinski definition) is 1. The second-order valence-electron chi connectivity index (χ2n) is 8.20. The zero-order chi connectivity index (χ0) is 21.5. The second kappa shape index (κ2) is 10.7. The lowest BCUT2D eigenvalue weighted by atomic mass is 10.1. The molecule has 2 fully saturated rings. The first kappa shape index (κ1) is 21.8. The normalized spacial score (nSPS) is 17.6. The Bertz CT molecular complexity index is 842. The average Bonchev–Trinajstić information content (AvgIpc) is 3.52. The Hall–Kier alpha value is -2.45. The summed E-state index contributed by atoms with van der Waals surface area (Å²) in [5.74, 6) is 1.25. The molecule has 1 aromatic carbocycles. The number of carbonyl (C=O) groups is 2. The predicted octanol–water partition coefficient (Wildman–Crippen LogP) is 2.79. The molecule has 0 unspecified atom stereocenters. The van der Waals surface area contributed by atoms with Crippen LogP contribution in [0.2, 0.25) is 0 Å². The van der Waals surface area contributed by atoms with E-state index in [1.165, 1.54) is 12.8 Å². The number of aromatic nitrogens is 1. The van der Waals surface area contributed by atoms with Gasteiger partial charge in [0.05, 0.1) is 11.2 Å². The summed E-state index contributed by atoms with van der Waals surface area (Å²) in [5, 5.41) is 4.94. The molecule has 1 saturated heterocycles. The van der Waals surface area contributed by atoms with E-state index in [2.05, 4.69) is 15.2 Å². The molecule has 1 N–H and O–H groups in total. The number of thiazole rings is 1. The Balaban J connectivity index is 1.14. The summed E-state index contributed by atoms with van der Waals surface area (Å²) < 4.78 is 5.68. The Morgan fingerprint density at radius 3 is 2.52 bits per heavy atom. The van der Waals surface area contributed by atoms with Gasteiger partial charge in [0.1, 0.15) is 12.4 Å². The quantitative estimate of drug-likeness (QED) is 0.681. The van der Waals surface area contributed by atoms with Crippen LogP contribution in [0.25, 0.3) is 0 Å². The van der Waals surface area contributed by atoms with Gasteiger partial charge in [-0.2, -0.15) is 0 Å². The number of hydrogen-bond acceptors (Lipinski definition) is 6. The van der Waals surface area contributed by atoms with Crippen LogP contribution in [0.5, 0.6) is 5.75 Å². The molecule has 7 nitrogen and oxygen atoms in total. The van der Waals surface area contributed by atoms with Crippen LogP contribution in [0.4, 0.5) is 0 Å². The summed E-state index contributed by atoms with van der Waals surface area (Å²) in [5.41, 5.74) is 3.30. The molecule has 1 aliphatic heterocycles. The minimum atomic E-state index is -0.0823. The molecule has 4 rings (SSSR count). The number of ether oxygens (including phenoxy) is 1. The predicted molar refractivity (Wildman–Crippen MR) is 120 cm³/mol. The smallest absolute Gasteiger partial charge is 0.251 e. The highest BCUT2D eigenvalue weighted by Crippen LogP contribution is 2.26. The van der Waals surface area contributed by atoms with Crippen LogP contribution in [0, 0.1) is 5.92 Å². The molecule has 0 spiro atoms. The maximum Gasteiger partial charge on any atom is 0.251 e. The fourth-order valence-electron chi connectivity index (χ4n) is 4.22. The molecule has 31 heavy (non-hydrogen) atoms. The van der Waals surface area contributed by atoms with Crippen LogP contribution in [0.1, 0.15) is 41.7 Å². The SMILES string of the molecule is O=C(NCCN1CCN(C(=O)C2CCCC2)CC1)c1ccc(OCc2cscn2)cc1. The molecular formula is C23H30N4O3S. The summed E-state index contributed by atoms with van der Waals surface area (Å²) in [4.78, 5) is 33.5. The van der Waals surface area contributed by atoms with Crippen molar-refractivity contribution in [1.29, 1.82) is 0 Å². The minimum absolute atomic E-state index is 0.0823. The fourth-order valence-corrected chi connectivity index (χ4v) is 4.76. The van der Waals surface area contributed by atoms with Gasteiger partial charge in [-0.15, -0.1) is 11.3 Å². The Morgan fingerprint density at radius 1 is 1.10 bits per heavy atom. The summed E-state index contributed by atoms with van der Waals surface area (Å²) in [6.45, 7) is 5.16. The lowest BCUT2D eigenvalue weighted by molar-refractivity contribution is -0.137. The first-order chi connectivity index (χ1) is 15.2. The van der Waals surface area contributed by atoms with E-state index in [4.69, 9.17) is 4.74 Å². The number of nitrogens with zero attached hydrogens (tertiary/aromatic N) is 3. The van der Waals surface area contributed by atoms with Crippen molar-refractivity contribution in [3.05, 3.63) is 46.4 Å². The third kappa shape index (κ3) is 6.04. The maximum absolute atomic E-state index is 12.5. The zero-order valence-corrected chi connectivity index (χ0v) is 18.6. The van der Waals surface area contributed by atoms with E-state index in [1.807, 2.05) is 22.4 Å². The molecule has 0 atom stereocenters. The Kier molecular flexibility index (Phi) is 7.53. The van der Waals surface area contributed by atoms with Gasteiger partial charge >= 0.3 is 0 Å². The van der Waals surface area contributed by atoms with Crippen LogP contribution in [0.3, 0.4) is 0 Å². The van der Waals surface area contributed by atoms with Crippen LogP contribution in [-0.2, 0) is 11.4 Å². The number of rotatable bonds is 8. The second-order valence-corrected chi connectivity index (χ2v) is 8.92. The van der Waals surface area contributed by atoms with Gasteiger partial charge in [-0.05, 0) is 37.1 Å². The molecule has 166 valence electrons. The molecule has 2 aromatic rings. The lowest BCUT2D eigenvalue weighted by Crippen LogP contribution is -2.51. The van der Waals surface area contributed by atoms with Gasteiger partial charge in [0.15, 0.2) is 0 Å². The number of carbonyl (C=O) groups excluding carboxylic acids is 2.